The number of amides is 1. The number of aromatic nitrogens is 2. The summed E-state index contributed by atoms with van der Waals surface area (Å²) in [6.45, 7) is 7.06. The molecular formula is C25H35N5O2. The van der Waals surface area contributed by atoms with Crippen LogP contribution in [0.5, 0.6) is 0 Å². The third-order valence-corrected chi connectivity index (χ3v) is 5.99. The number of aromatic amines is 1. The molecule has 1 amide bonds. The summed E-state index contributed by atoms with van der Waals surface area (Å²) in [5.74, 6) is 0.0672. The summed E-state index contributed by atoms with van der Waals surface area (Å²) in [4.78, 5) is 38.6. The molecule has 2 aromatic heterocycles. The van der Waals surface area contributed by atoms with E-state index in [1.54, 1.807) is 12.3 Å². The Labute approximate surface area is 190 Å². The summed E-state index contributed by atoms with van der Waals surface area (Å²) in [6, 6.07) is 6.26. The Balaban J connectivity index is 1.73. The second kappa shape index (κ2) is 11.1. The number of likely N-dealkylation sites (N-methyl/N-ethyl adjacent to an activating group) is 1. The van der Waals surface area contributed by atoms with E-state index in [-0.39, 0.29) is 17.5 Å². The van der Waals surface area contributed by atoms with Crippen LogP contribution in [0.4, 0.5) is 5.69 Å². The predicted molar refractivity (Wildman–Crippen MR) is 130 cm³/mol. The number of carbonyl (C=O) groups excluding carboxylic acids is 1. The van der Waals surface area contributed by atoms with E-state index in [1.807, 2.05) is 48.3 Å². The number of hydrogen-bond acceptors (Lipinski definition) is 5. The number of hydrogen-bond donors (Lipinski definition) is 1. The average molecular weight is 438 g/mol. The van der Waals surface area contributed by atoms with E-state index in [4.69, 9.17) is 0 Å². The highest BCUT2D eigenvalue weighted by Crippen LogP contribution is 2.26. The van der Waals surface area contributed by atoms with Gasteiger partial charge in [-0.2, -0.15) is 0 Å². The van der Waals surface area contributed by atoms with Crippen molar-refractivity contribution in [2.45, 2.75) is 39.2 Å². The second-order valence-electron chi connectivity index (χ2n) is 8.50. The Bertz CT molecular complexity index is 990. The Morgan fingerprint density at radius 3 is 2.62 bits per heavy atom. The SMILES string of the molecule is CCc1cc(-c2c[nH]c(=O)c(N(CC)C3CCN(C(=O)/C=C/CN(C)C)CC3)c2)ccn1. The highest BCUT2D eigenvalue weighted by molar-refractivity contribution is 5.87. The van der Waals surface area contributed by atoms with Crippen molar-refractivity contribution in [1.29, 1.82) is 0 Å². The Kier molecular flexibility index (Phi) is 8.22. The largest absolute Gasteiger partial charge is 0.364 e. The minimum atomic E-state index is -0.0782. The fourth-order valence-electron chi connectivity index (χ4n) is 4.20. The molecule has 3 rings (SSSR count). The number of H-pyrrole nitrogens is 1. The van der Waals surface area contributed by atoms with Gasteiger partial charge in [0.25, 0.3) is 5.56 Å². The lowest BCUT2D eigenvalue weighted by Gasteiger charge is -2.38. The summed E-state index contributed by atoms with van der Waals surface area (Å²) in [5.41, 5.74) is 3.67. The number of pyridine rings is 2. The van der Waals surface area contributed by atoms with E-state index in [0.717, 1.165) is 49.2 Å². The normalized spacial score (nSPS) is 15.0. The molecule has 0 spiro atoms. The summed E-state index contributed by atoms with van der Waals surface area (Å²) < 4.78 is 0. The number of nitrogens with zero attached hydrogens (tertiary/aromatic N) is 4. The van der Waals surface area contributed by atoms with Gasteiger partial charge in [-0.15, -0.1) is 0 Å². The highest BCUT2D eigenvalue weighted by atomic mass is 16.2. The van der Waals surface area contributed by atoms with E-state index >= 15 is 0 Å². The van der Waals surface area contributed by atoms with Gasteiger partial charge >= 0.3 is 0 Å². The monoisotopic (exact) mass is 437 g/mol. The number of anilines is 1. The molecule has 0 radical (unpaired) electrons. The molecule has 0 saturated carbocycles. The highest BCUT2D eigenvalue weighted by Gasteiger charge is 2.27. The van der Waals surface area contributed by atoms with Crippen molar-refractivity contribution < 1.29 is 4.79 Å². The van der Waals surface area contributed by atoms with E-state index in [9.17, 15) is 9.59 Å². The molecule has 32 heavy (non-hydrogen) atoms. The Morgan fingerprint density at radius 2 is 1.97 bits per heavy atom. The maximum atomic E-state index is 12.7. The van der Waals surface area contributed by atoms with Crippen molar-refractivity contribution in [3.8, 4) is 11.1 Å². The first-order valence-electron chi connectivity index (χ1n) is 11.5. The second-order valence-corrected chi connectivity index (χ2v) is 8.50. The molecule has 2 aromatic rings. The van der Waals surface area contributed by atoms with Crippen molar-refractivity contribution in [3.63, 3.8) is 0 Å². The van der Waals surface area contributed by atoms with Crippen molar-refractivity contribution in [2.75, 3.05) is 45.2 Å². The molecule has 0 unspecified atom stereocenters. The first-order chi connectivity index (χ1) is 15.4. The predicted octanol–water partition coefficient (Wildman–Crippen LogP) is 2.93. The summed E-state index contributed by atoms with van der Waals surface area (Å²) >= 11 is 0. The summed E-state index contributed by atoms with van der Waals surface area (Å²) in [5, 5.41) is 0. The number of piperidine rings is 1. The molecule has 0 bridgehead atoms. The van der Waals surface area contributed by atoms with Crippen LogP contribution in [-0.2, 0) is 11.2 Å². The van der Waals surface area contributed by atoms with Crippen LogP contribution in [0.15, 0.2) is 47.5 Å². The third kappa shape index (κ3) is 5.85. The van der Waals surface area contributed by atoms with Crippen LogP contribution in [0.3, 0.4) is 0 Å². The zero-order valence-corrected chi connectivity index (χ0v) is 19.7. The minimum absolute atomic E-state index is 0.0672. The van der Waals surface area contributed by atoms with Crippen LogP contribution in [0.1, 0.15) is 32.4 Å². The topological polar surface area (TPSA) is 72.5 Å². The molecule has 1 fully saturated rings. The van der Waals surface area contributed by atoms with Crippen LogP contribution in [0, 0.1) is 0 Å². The van der Waals surface area contributed by atoms with Gasteiger partial charge < -0.3 is 19.7 Å². The summed E-state index contributed by atoms with van der Waals surface area (Å²) in [6.07, 6.45) is 9.73. The van der Waals surface area contributed by atoms with E-state index in [0.29, 0.717) is 18.8 Å². The molecular weight excluding hydrogens is 402 g/mol. The van der Waals surface area contributed by atoms with Gasteiger partial charge in [-0.3, -0.25) is 14.6 Å². The molecule has 7 heteroatoms. The molecule has 1 aliphatic rings. The fourth-order valence-corrected chi connectivity index (χ4v) is 4.20. The average Bonchev–Trinajstić information content (AvgIpc) is 2.81. The first kappa shape index (κ1) is 23.7. The van der Waals surface area contributed by atoms with Gasteiger partial charge in [0.2, 0.25) is 5.91 Å². The molecule has 0 aromatic carbocycles. The van der Waals surface area contributed by atoms with Crippen LogP contribution in [0.25, 0.3) is 11.1 Å². The molecule has 1 saturated heterocycles. The Morgan fingerprint density at radius 1 is 1.22 bits per heavy atom. The lowest BCUT2D eigenvalue weighted by Crippen LogP contribution is -2.47. The minimum Gasteiger partial charge on any atom is -0.364 e. The number of likely N-dealkylation sites (tertiary alicyclic amines) is 1. The van der Waals surface area contributed by atoms with Gasteiger partial charge in [-0.05, 0) is 64.0 Å². The number of aryl methyl sites for hydroxylation is 1. The van der Waals surface area contributed by atoms with E-state index in [1.165, 1.54) is 0 Å². The zero-order chi connectivity index (χ0) is 23.1. The molecule has 0 aliphatic carbocycles. The molecule has 1 aliphatic heterocycles. The molecule has 3 heterocycles. The lowest BCUT2D eigenvalue weighted by molar-refractivity contribution is -0.127. The number of nitrogens with one attached hydrogen (secondary N) is 1. The van der Waals surface area contributed by atoms with Crippen molar-refractivity contribution in [2.24, 2.45) is 0 Å². The van der Waals surface area contributed by atoms with Crippen molar-refractivity contribution in [1.82, 2.24) is 19.8 Å². The van der Waals surface area contributed by atoms with Crippen LogP contribution < -0.4 is 10.5 Å². The maximum Gasteiger partial charge on any atom is 0.271 e. The fraction of sp³-hybridized carbons (Fsp3) is 0.480. The van der Waals surface area contributed by atoms with Crippen LogP contribution >= 0.6 is 0 Å². The molecule has 0 atom stereocenters. The van der Waals surface area contributed by atoms with Gasteiger partial charge in [0.05, 0.1) is 0 Å². The lowest BCUT2D eigenvalue weighted by atomic mass is 10.0. The molecule has 172 valence electrons. The van der Waals surface area contributed by atoms with Gasteiger partial charge in [0.15, 0.2) is 0 Å². The van der Waals surface area contributed by atoms with Gasteiger partial charge in [0, 0.05) is 61.9 Å². The van der Waals surface area contributed by atoms with Gasteiger partial charge in [-0.1, -0.05) is 13.0 Å². The Hall–Kier alpha value is -2.93. The van der Waals surface area contributed by atoms with E-state index in [2.05, 4.69) is 34.8 Å². The molecule has 1 N–H and O–H groups in total. The molecule has 7 nitrogen and oxygen atoms in total. The quantitative estimate of drug-likeness (QED) is 0.643. The summed E-state index contributed by atoms with van der Waals surface area (Å²) in [7, 11) is 3.96. The van der Waals surface area contributed by atoms with Crippen molar-refractivity contribution >= 4 is 11.6 Å². The first-order valence-corrected chi connectivity index (χ1v) is 11.5. The maximum absolute atomic E-state index is 12.7. The third-order valence-electron chi connectivity index (χ3n) is 5.99. The standard InChI is InChI=1S/C25H35N5O2/c1-5-21-16-19(9-12-26-21)20-17-23(25(32)27-18-20)30(6-2)22-10-14-29(15-11-22)24(31)8-7-13-28(3)4/h7-9,12,16-18,22H,5-6,10-11,13-15H2,1-4H3,(H,27,32)/b8-7+. The van der Waals surface area contributed by atoms with E-state index < -0.39 is 0 Å². The van der Waals surface area contributed by atoms with Gasteiger partial charge in [0.1, 0.15) is 5.69 Å². The smallest absolute Gasteiger partial charge is 0.271 e. The zero-order valence-electron chi connectivity index (χ0n) is 19.7. The van der Waals surface area contributed by atoms with Crippen LogP contribution in [-0.4, -0.2) is 72.0 Å². The number of carbonyl (C=O) groups is 1. The van der Waals surface area contributed by atoms with Gasteiger partial charge in [-0.25, -0.2) is 0 Å². The van der Waals surface area contributed by atoms with Crippen LogP contribution in [0.2, 0.25) is 0 Å². The van der Waals surface area contributed by atoms with Crippen molar-refractivity contribution in [3.05, 3.63) is 58.8 Å². The number of rotatable bonds is 8.